The number of hydrogen-bond acceptors (Lipinski definition) is 2. The molecule has 2 atom stereocenters. The predicted octanol–water partition coefficient (Wildman–Crippen LogP) is 4.92. The lowest BCUT2D eigenvalue weighted by Gasteiger charge is -2.23. The summed E-state index contributed by atoms with van der Waals surface area (Å²) in [4.78, 5) is 0. The van der Waals surface area contributed by atoms with E-state index in [9.17, 15) is 5.11 Å². The average molecular weight is 345 g/mol. The molecule has 134 valence electrons. The van der Waals surface area contributed by atoms with Crippen LogP contribution >= 0.6 is 0 Å². The van der Waals surface area contributed by atoms with Crippen molar-refractivity contribution in [2.45, 2.75) is 31.4 Å². The molecule has 3 aromatic rings. The molecule has 0 bridgehead atoms. The van der Waals surface area contributed by atoms with Crippen LogP contribution in [0.4, 0.5) is 0 Å². The molecular formula is C24H27NO. The Bertz CT molecular complexity index is 718. The minimum Gasteiger partial charge on any atom is -0.387 e. The fourth-order valence-corrected chi connectivity index (χ4v) is 3.40. The molecule has 0 amide bonds. The van der Waals surface area contributed by atoms with E-state index < -0.39 is 6.10 Å². The third kappa shape index (κ3) is 4.81. The Morgan fingerprint density at radius 3 is 1.58 bits per heavy atom. The molecule has 0 aliphatic rings. The minimum atomic E-state index is -0.497. The smallest absolute Gasteiger partial charge is 0.0940 e. The third-order valence-electron chi connectivity index (χ3n) is 4.92. The average Bonchev–Trinajstić information content (AvgIpc) is 2.72. The molecule has 0 saturated carbocycles. The number of rotatable bonds is 8. The van der Waals surface area contributed by atoms with Crippen molar-refractivity contribution in [2.24, 2.45) is 0 Å². The summed E-state index contributed by atoms with van der Waals surface area (Å²) in [5, 5.41) is 14.0. The lowest BCUT2D eigenvalue weighted by molar-refractivity contribution is 0.136. The van der Waals surface area contributed by atoms with E-state index in [1.807, 2.05) is 37.3 Å². The van der Waals surface area contributed by atoms with Crippen molar-refractivity contribution in [3.63, 3.8) is 0 Å². The quantitative estimate of drug-likeness (QED) is 0.607. The van der Waals surface area contributed by atoms with Gasteiger partial charge in [-0.05, 0) is 36.6 Å². The maximum atomic E-state index is 10.5. The second kappa shape index (κ2) is 9.33. The zero-order valence-electron chi connectivity index (χ0n) is 15.3. The van der Waals surface area contributed by atoms with Crippen LogP contribution in [0.2, 0.25) is 0 Å². The highest BCUT2D eigenvalue weighted by atomic mass is 16.3. The van der Waals surface area contributed by atoms with Crippen molar-refractivity contribution in [1.29, 1.82) is 0 Å². The van der Waals surface area contributed by atoms with Crippen molar-refractivity contribution in [1.82, 2.24) is 5.32 Å². The number of nitrogens with one attached hydrogen (secondary N) is 1. The number of benzene rings is 3. The maximum absolute atomic E-state index is 10.5. The monoisotopic (exact) mass is 345 g/mol. The molecular weight excluding hydrogens is 318 g/mol. The van der Waals surface area contributed by atoms with Crippen LogP contribution in [0.5, 0.6) is 0 Å². The fourth-order valence-electron chi connectivity index (χ4n) is 3.40. The highest BCUT2D eigenvalue weighted by Crippen LogP contribution is 2.27. The number of aliphatic hydroxyl groups is 1. The van der Waals surface area contributed by atoms with Gasteiger partial charge in [0.2, 0.25) is 0 Å². The van der Waals surface area contributed by atoms with Crippen LogP contribution < -0.4 is 5.32 Å². The van der Waals surface area contributed by atoms with E-state index in [0.717, 1.165) is 18.5 Å². The van der Waals surface area contributed by atoms with Gasteiger partial charge in [-0.15, -0.1) is 0 Å². The van der Waals surface area contributed by atoms with Gasteiger partial charge in [0.05, 0.1) is 6.10 Å². The van der Waals surface area contributed by atoms with Crippen molar-refractivity contribution in [2.75, 3.05) is 6.54 Å². The summed E-state index contributed by atoms with van der Waals surface area (Å²) >= 11 is 0. The molecule has 0 aromatic heterocycles. The van der Waals surface area contributed by atoms with Crippen molar-refractivity contribution >= 4 is 0 Å². The Kier molecular flexibility index (Phi) is 6.59. The summed E-state index contributed by atoms with van der Waals surface area (Å²) in [6.07, 6.45) is 0.489. The predicted molar refractivity (Wildman–Crippen MR) is 108 cm³/mol. The Labute approximate surface area is 156 Å². The zero-order valence-corrected chi connectivity index (χ0v) is 15.3. The second-order valence-electron chi connectivity index (χ2n) is 6.76. The van der Waals surface area contributed by atoms with Crippen LogP contribution in [-0.2, 0) is 0 Å². The lowest BCUT2D eigenvalue weighted by Crippen LogP contribution is -2.33. The van der Waals surface area contributed by atoms with E-state index in [0.29, 0.717) is 5.92 Å². The molecule has 3 rings (SSSR count). The highest BCUT2D eigenvalue weighted by molar-refractivity contribution is 5.32. The zero-order chi connectivity index (χ0) is 18.2. The number of hydrogen-bond donors (Lipinski definition) is 2. The summed E-state index contributed by atoms with van der Waals surface area (Å²) in [7, 11) is 0. The first-order valence-corrected chi connectivity index (χ1v) is 9.32. The summed E-state index contributed by atoms with van der Waals surface area (Å²) < 4.78 is 0. The van der Waals surface area contributed by atoms with Gasteiger partial charge >= 0.3 is 0 Å². The molecule has 2 nitrogen and oxygen atoms in total. The number of aliphatic hydroxyl groups excluding tert-OH is 1. The van der Waals surface area contributed by atoms with Crippen LogP contribution in [-0.4, -0.2) is 17.7 Å². The fraction of sp³-hybridized carbons (Fsp3) is 0.250. The highest BCUT2D eigenvalue weighted by Gasteiger charge is 2.17. The third-order valence-corrected chi connectivity index (χ3v) is 4.92. The maximum Gasteiger partial charge on any atom is 0.0940 e. The van der Waals surface area contributed by atoms with Crippen molar-refractivity contribution < 1.29 is 5.11 Å². The van der Waals surface area contributed by atoms with E-state index >= 15 is 0 Å². The van der Waals surface area contributed by atoms with E-state index in [1.165, 1.54) is 11.1 Å². The largest absolute Gasteiger partial charge is 0.387 e. The molecule has 0 radical (unpaired) electrons. The molecule has 0 aliphatic heterocycles. The van der Waals surface area contributed by atoms with Gasteiger partial charge in [0.15, 0.2) is 0 Å². The van der Waals surface area contributed by atoms with Gasteiger partial charge in [-0.1, -0.05) is 91.0 Å². The molecule has 2 heteroatoms. The molecule has 0 fully saturated rings. The topological polar surface area (TPSA) is 32.3 Å². The Balaban J connectivity index is 1.63. The van der Waals surface area contributed by atoms with Gasteiger partial charge < -0.3 is 10.4 Å². The molecule has 0 aliphatic carbocycles. The van der Waals surface area contributed by atoms with Crippen LogP contribution in [0.15, 0.2) is 91.0 Å². The summed E-state index contributed by atoms with van der Waals surface area (Å²) in [5.41, 5.74) is 3.61. The summed E-state index contributed by atoms with van der Waals surface area (Å²) in [6.45, 7) is 2.89. The SMILES string of the molecule is C[C@H](NCCC(c1ccccc1)c1ccccc1)[C@H](O)c1ccccc1. The van der Waals surface area contributed by atoms with E-state index in [-0.39, 0.29) is 6.04 Å². The molecule has 26 heavy (non-hydrogen) atoms. The first-order chi connectivity index (χ1) is 12.8. The summed E-state index contributed by atoms with van der Waals surface area (Å²) in [6, 6.07) is 31.1. The summed E-state index contributed by atoms with van der Waals surface area (Å²) in [5.74, 6) is 0.353. The standard InChI is InChI=1S/C24H27NO/c1-19(24(26)22-15-9-4-10-16-22)25-18-17-23(20-11-5-2-6-12-20)21-13-7-3-8-14-21/h2-16,19,23-26H,17-18H2,1H3/t19-,24-/m0/s1. The minimum absolute atomic E-state index is 0.00426. The molecule has 3 aromatic carbocycles. The van der Waals surface area contributed by atoms with E-state index in [1.54, 1.807) is 0 Å². The van der Waals surface area contributed by atoms with Gasteiger partial charge in [-0.25, -0.2) is 0 Å². The first kappa shape index (κ1) is 18.4. The van der Waals surface area contributed by atoms with Crippen LogP contribution in [0, 0.1) is 0 Å². The van der Waals surface area contributed by atoms with Gasteiger partial charge in [-0.2, -0.15) is 0 Å². The molecule has 0 unspecified atom stereocenters. The van der Waals surface area contributed by atoms with Crippen LogP contribution in [0.1, 0.15) is 42.1 Å². The van der Waals surface area contributed by atoms with Crippen molar-refractivity contribution in [3.05, 3.63) is 108 Å². The van der Waals surface area contributed by atoms with E-state index in [4.69, 9.17) is 0 Å². The van der Waals surface area contributed by atoms with Gasteiger partial charge in [-0.3, -0.25) is 0 Å². The first-order valence-electron chi connectivity index (χ1n) is 9.32. The second-order valence-corrected chi connectivity index (χ2v) is 6.76. The molecule has 0 saturated heterocycles. The molecule has 2 N–H and O–H groups in total. The van der Waals surface area contributed by atoms with Crippen LogP contribution in [0.3, 0.4) is 0 Å². The molecule has 0 heterocycles. The Hall–Kier alpha value is -2.42. The van der Waals surface area contributed by atoms with Gasteiger partial charge in [0, 0.05) is 12.0 Å². The van der Waals surface area contributed by atoms with Gasteiger partial charge in [0.1, 0.15) is 0 Å². The van der Waals surface area contributed by atoms with Crippen LogP contribution in [0.25, 0.3) is 0 Å². The van der Waals surface area contributed by atoms with Gasteiger partial charge in [0.25, 0.3) is 0 Å². The normalized spacial score (nSPS) is 13.5. The van der Waals surface area contributed by atoms with Crippen molar-refractivity contribution in [3.8, 4) is 0 Å². The Morgan fingerprint density at radius 2 is 1.12 bits per heavy atom. The lowest BCUT2D eigenvalue weighted by atomic mass is 9.88. The van der Waals surface area contributed by atoms with E-state index in [2.05, 4.69) is 66.0 Å². The Morgan fingerprint density at radius 1 is 0.692 bits per heavy atom. The molecule has 0 spiro atoms.